The van der Waals surface area contributed by atoms with Crippen molar-refractivity contribution in [1.29, 1.82) is 5.26 Å². The molecule has 1 N–H and O–H groups in total. The lowest BCUT2D eigenvalue weighted by Gasteiger charge is -2.14. The molecule has 0 aliphatic carbocycles. The summed E-state index contributed by atoms with van der Waals surface area (Å²) in [5.41, 5.74) is 5.82. The maximum absolute atomic E-state index is 11.2. The minimum Gasteiger partial charge on any atom is -0.488 e. The van der Waals surface area contributed by atoms with E-state index >= 15 is 0 Å². The van der Waals surface area contributed by atoms with Crippen molar-refractivity contribution >= 4 is 35.3 Å². The van der Waals surface area contributed by atoms with E-state index in [0.717, 1.165) is 28.0 Å². The first kappa shape index (κ1) is 19.8. The highest BCUT2D eigenvalue weighted by Gasteiger charge is 2.08. The van der Waals surface area contributed by atoms with Crippen LogP contribution in [0.4, 0.5) is 0 Å². The van der Waals surface area contributed by atoms with Crippen LogP contribution in [0.25, 0.3) is 0 Å². The molecule has 0 unspecified atom stereocenters. The normalized spacial score (nSPS) is 10.6. The zero-order valence-electron chi connectivity index (χ0n) is 14.3. The second-order valence-electron chi connectivity index (χ2n) is 5.64. The van der Waals surface area contributed by atoms with Gasteiger partial charge in [0, 0.05) is 15.6 Å². The van der Waals surface area contributed by atoms with Crippen LogP contribution in [0.3, 0.4) is 0 Å². The number of aryl methyl sites for hydroxylation is 2. The second-order valence-corrected chi connectivity index (χ2v) is 6.48. The topological polar surface area (TPSA) is 74.5 Å². The number of carbonyl (C=O) groups is 1. The molecule has 0 saturated heterocycles. The summed E-state index contributed by atoms with van der Waals surface area (Å²) >= 11 is 12.1. The van der Waals surface area contributed by atoms with E-state index in [9.17, 15) is 4.79 Å². The first-order valence-corrected chi connectivity index (χ1v) is 8.53. The fraction of sp³-hybridized carbons (Fsp3) is 0.211. The summed E-state index contributed by atoms with van der Waals surface area (Å²) in [6.45, 7) is 4.18. The fourth-order valence-corrected chi connectivity index (χ4v) is 2.83. The zero-order valence-corrected chi connectivity index (χ0v) is 15.9. The molecule has 1 amide bonds. The minimum atomic E-state index is -0.447. The van der Waals surface area contributed by atoms with Gasteiger partial charge in [0.2, 0.25) is 0 Å². The smallest absolute Gasteiger partial charge is 0.254 e. The monoisotopic (exact) mass is 389 g/mol. The van der Waals surface area contributed by atoms with E-state index in [1.165, 1.54) is 6.21 Å². The number of hydrogen-bond acceptors (Lipinski definition) is 4. The highest BCUT2D eigenvalue weighted by molar-refractivity contribution is 6.35. The van der Waals surface area contributed by atoms with E-state index in [1.54, 1.807) is 18.2 Å². The van der Waals surface area contributed by atoms with Gasteiger partial charge in [0.15, 0.2) is 0 Å². The van der Waals surface area contributed by atoms with Crippen LogP contribution in [0.1, 0.15) is 28.7 Å². The summed E-state index contributed by atoms with van der Waals surface area (Å²) in [6, 6.07) is 10.8. The minimum absolute atomic E-state index is 0.227. The van der Waals surface area contributed by atoms with Crippen molar-refractivity contribution < 1.29 is 9.53 Å². The number of hydrogen-bond donors (Lipinski definition) is 1. The Bertz CT molecular complexity index is 866. The zero-order chi connectivity index (χ0) is 19.1. The van der Waals surface area contributed by atoms with Crippen molar-refractivity contribution in [3.05, 3.63) is 62.6 Å². The SMILES string of the molecule is Cc1cc(/C=N\NC(=O)CC#N)cc(C)c1OCc1ccc(Cl)cc1Cl. The highest BCUT2D eigenvalue weighted by atomic mass is 35.5. The van der Waals surface area contributed by atoms with Gasteiger partial charge in [-0.2, -0.15) is 10.4 Å². The van der Waals surface area contributed by atoms with Crippen molar-refractivity contribution in [2.45, 2.75) is 26.9 Å². The lowest BCUT2D eigenvalue weighted by atomic mass is 10.1. The Morgan fingerprint density at radius 2 is 1.96 bits per heavy atom. The molecule has 2 aromatic rings. The van der Waals surface area contributed by atoms with Crippen LogP contribution in [0, 0.1) is 25.2 Å². The predicted molar refractivity (Wildman–Crippen MR) is 103 cm³/mol. The number of carbonyl (C=O) groups excluding carboxylic acids is 1. The molecule has 0 atom stereocenters. The molecule has 0 fully saturated rings. The van der Waals surface area contributed by atoms with Crippen LogP contribution in [0.2, 0.25) is 10.0 Å². The first-order valence-electron chi connectivity index (χ1n) is 7.77. The van der Waals surface area contributed by atoms with Crippen LogP contribution in [0.5, 0.6) is 5.75 Å². The number of halogens is 2. The molecular formula is C19H17Cl2N3O2. The molecule has 0 aromatic heterocycles. The first-order chi connectivity index (χ1) is 12.4. The standard InChI is InChI=1S/C19H17Cl2N3O2/c1-12-7-14(10-23-24-18(25)5-6-22)8-13(2)19(12)26-11-15-3-4-16(20)9-17(15)21/h3-4,7-10H,5,11H2,1-2H3,(H,24,25)/b23-10-. The molecule has 134 valence electrons. The average Bonchev–Trinajstić information content (AvgIpc) is 2.56. The number of nitrogens with zero attached hydrogens (tertiary/aromatic N) is 2. The Balaban J connectivity index is 2.08. The number of amides is 1. The number of rotatable bonds is 6. The van der Waals surface area contributed by atoms with Crippen LogP contribution in [-0.2, 0) is 11.4 Å². The Hall–Kier alpha value is -2.55. The van der Waals surface area contributed by atoms with Gasteiger partial charge in [-0.25, -0.2) is 5.43 Å². The van der Waals surface area contributed by atoms with E-state index < -0.39 is 5.91 Å². The maximum atomic E-state index is 11.2. The Labute approximate surface area is 162 Å². The van der Waals surface area contributed by atoms with Crippen LogP contribution >= 0.6 is 23.2 Å². The molecule has 0 bridgehead atoms. The molecule has 5 nitrogen and oxygen atoms in total. The van der Waals surface area contributed by atoms with Gasteiger partial charge in [0.25, 0.3) is 5.91 Å². The molecule has 0 spiro atoms. The summed E-state index contributed by atoms with van der Waals surface area (Å²) in [5, 5.41) is 13.4. The maximum Gasteiger partial charge on any atom is 0.254 e. The lowest BCUT2D eigenvalue weighted by molar-refractivity contribution is -0.120. The van der Waals surface area contributed by atoms with Crippen molar-refractivity contribution in [3.8, 4) is 11.8 Å². The van der Waals surface area contributed by atoms with Crippen LogP contribution in [-0.4, -0.2) is 12.1 Å². The molecule has 26 heavy (non-hydrogen) atoms. The molecule has 0 heterocycles. The summed E-state index contributed by atoms with van der Waals surface area (Å²) in [4.78, 5) is 11.2. The number of hydrazone groups is 1. The van der Waals surface area contributed by atoms with Gasteiger partial charge in [-0.1, -0.05) is 29.3 Å². The Kier molecular flexibility index (Phi) is 7.02. The van der Waals surface area contributed by atoms with Crippen molar-refractivity contribution in [2.75, 3.05) is 0 Å². The largest absolute Gasteiger partial charge is 0.488 e. The summed E-state index contributed by atoms with van der Waals surface area (Å²) in [5.74, 6) is 0.318. The van der Waals surface area contributed by atoms with Gasteiger partial charge in [0.1, 0.15) is 18.8 Å². The van der Waals surface area contributed by atoms with Gasteiger partial charge in [0.05, 0.1) is 12.3 Å². The van der Waals surface area contributed by atoms with E-state index in [0.29, 0.717) is 16.7 Å². The molecular weight excluding hydrogens is 373 g/mol. The number of ether oxygens (including phenoxy) is 1. The lowest BCUT2D eigenvalue weighted by Crippen LogP contribution is -2.16. The van der Waals surface area contributed by atoms with E-state index in [2.05, 4.69) is 10.5 Å². The van der Waals surface area contributed by atoms with Gasteiger partial charge >= 0.3 is 0 Å². The van der Waals surface area contributed by atoms with Crippen LogP contribution < -0.4 is 10.2 Å². The number of benzene rings is 2. The third kappa shape index (κ3) is 5.48. The van der Waals surface area contributed by atoms with Gasteiger partial charge in [-0.3, -0.25) is 4.79 Å². The van der Waals surface area contributed by atoms with Crippen molar-refractivity contribution in [3.63, 3.8) is 0 Å². The Morgan fingerprint density at radius 1 is 1.27 bits per heavy atom. The van der Waals surface area contributed by atoms with Crippen molar-refractivity contribution in [1.82, 2.24) is 5.43 Å². The van der Waals surface area contributed by atoms with E-state index in [-0.39, 0.29) is 6.42 Å². The average molecular weight is 390 g/mol. The quantitative estimate of drug-likeness (QED) is 0.581. The molecule has 0 aliphatic rings. The fourth-order valence-electron chi connectivity index (χ4n) is 2.36. The number of nitrogens with one attached hydrogen (secondary N) is 1. The van der Waals surface area contributed by atoms with E-state index in [1.807, 2.05) is 32.0 Å². The highest BCUT2D eigenvalue weighted by Crippen LogP contribution is 2.27. The molecule has 0 saturated carbocycles. The van der Waals surface area contributed by atoms with Gasteiger partial charge in [-0.05, 0) is 54.8 Å². The van der Waals surface area contributed by atoms with Crippen LogP contribution in [0.15, 0.2) is 35.4 Å². The predicted octanol–water partition coefficient (Wildman–Crippen LogP) is 4.55. The number of nitriles is 1. The molecule has 2 rings (SSSR count). The Morgan fingerprint density at radius 3 is 2.58 bits per heavy atom. The van der Waals surface area contributed by atoms with Gasteiger partial charge < -0.3 is 4.74 Å². The molecule has 2 aromatic carbocycles. The summed E-state index contributed by atoms with van der Waals surface area (Å²) in [7, 11) is 0. The molecule has 0 aliphatic heterocycles. The molecule has 0 radical (unpaired) electrons. The molecule has 7 heteroatoms. The summed E-state index contributed by atoms with van der Waals surface area (Å²) < 4.78 is 5.93. The second kappa shape index (κ2) is 9.23. The third-order valence-corrected chi connectivity index (χ3v) is 4.10. The third-order valence-electron chi connectivity index (χ3n) is 3.51. The summed E-state index contributed by atoms with van der Waals surface area (Å²) in [6.07, 6.45) is 1.30. The van der Waals surface area contributed by atoms with Gasteiger partial charge in [-0.15, -0.1) is 0 Å². The van der Waals surface area contributed by atoms with E-state index in [4.69, 9.17) is 33.2 Å². The van der Waals surface area contributed by atoms with Crippen molar-refractivity contribution in [2.24, 2.45) is 5.10 Å².